The zero-order valence-electron chi connectivity index (χ0n) is 2.99. The quantitative estimate of drug-likeness (QED) is 0.433. The van der Waals surface area contributed by atoms with Gasteiger partial charge in [0.2, 0.25) is 0 Å². The molecule has 1 unspecified atom stereocenters. The highest BCUT2D eigenvalue weighted by Gasteiger charge is 1.69. The summed E-state index contributed by atoms with van der Waals surface area (Å²) in [7, 11) is -0.317. The van der Waals surface area contributed by atoms with Gasteiger partial charge in [-0.25, -0.2) is 0 Å². The van der Waals surface area contributed by atoms with Crippen molar-refractivity contribution in [2.24, 2.45) is 5.50 Å². The van der Waals surface area contributed by atoms with Gasteiger partial charge in [0.05, 0.1) is 0 Å². The molecule has 0 aliphatic carbocycles. The molecule has 3 N–H and O–H groups in total. The summed E-state index contributed by atoms with van der Waals surface area (Å²) < 4.78 is 9.66. The topological polar surface area (TPSA) is 55.1 Å². The fourth-order valence-electron chi connectivity index (χ4n) is 0. The molecule has 5 heavy (non-hydrogen) atoms. The van der Waals surface area contributed by atoms with Gasteiger partial charge in [-0.15, -0.1) is 0 Å². The first-order valence-corrected chi connectivity index (χ1v) is 2.73. The third-order valence-corrected chi connectivity index (χ3v) is 0.739. The van der Waals surface area contributed by atoms with E-state index in [0.29, 0.717) is 0 Å². The minimum atomic E-state index is -1.87. The maximum absolute atomic E-state index is 9.66. The molecule has 0 saturated heterocycles. The molecule has 0 saturated carbocycles. The standard InChI is InChI=1S/CH7N2OP/c1-3-5(2)4/h5H,1H3,(H3,2,3,4). The van der Waals surface area contributed by atoms with E-state index in [1.165, 1.54) is 0 Å². The minimum Gasteiger partial charge on any atom is -0.293 e. The van der Waals surface area contributed by atoms with Crippen molar-refractivity contribution in [1.29, 1.82) is 0 Å². The van der Waals surface area contributed by atoms with Crippen LogP contribution in [-0.2, 0) is 4.57 Å². The third-order valence-electron chi connectivity index (χ3n) is 0.246. The minimum absolute atomic E-state index is 1.56. The van der Waals surface area contributed by atoms with E-state index < -0.39 is 8.10 Å². The lowest BCUT2D eigenvalue weighted by molar-refractivity contribution is 0.584. The van der Waals surface area contributed by atoms with Gasteiger partial charge in [-0.05, 0) is 7.05 Å². The van der Waals surface area contributed by atoms with E-state index >= 15 is 0 Å². The zero-order chi connectivity index (χ0) is 4.28. The Morgan fingerprint density at radius 3 is 2.20 bits per heavy atom. The van der Waals surface area contributed by atoms with E-state index in [4.69, 9.17) is 5.50 Å². The van der Waals surface area contributed by atoms with Gasteiger partial charge in [-0.3, -0.25) is 15.2 Å². The van der Waals surface area contributed by atoms with Gasteiger partial charge in [0, 0.05) is 0 Å². The molecule has 3 nitrogen and oxygen atoms in total. The fraction of sp³-hybridized carbons (Fsp3) is 1.00. The molecule has 0 aromatic rings. The second-order valence-electron chi connectivity index (χ2n) is 0.614. The van der Waals surface area contributed by atoms with E-state index in [0.717, 1.165) is 0 Å². The summed E-state index contributed by atoms with van der Waals surface area (Å²) >= 11 is 0. The molecule has 0 aliphatic heterocycles. The molecule has 0 fully saturated rings. The van der Waals surface area contributed by atoms with Crippen molar-refractivity contribution in [2.45, 2.75) is 0 Å². The van der Waals surface area contributed by atoms with Gasteiger partial charge in [0.15, 0.2) is 8.10 Å². The van der Waals surface area contributed by atoms with Crippen molar-refractivity contribution in [3.05, 3.63) is 0 Å². The van der Waals surface area contributed by atoms with Crippen molar-refractivity contribution in [1.82, 2.24) is 5.09 Å². The van der Waals surface area contributed by atoms with E-state index in [-0.39, 0.29) is 0 Å². The molecule has 0 radical (unpaired) electrons. The number of rotatable bonds is 1. The van der Waals surface area contributed by atoms with Crippen LogP contribution >= 0.6 is 8.10 Å². The van der Waals surface area contributed by atoms with E-state index in [9.17, 15) is 4.57 Å². The van der Waals surface area contributed by atoms with Crippen LogP contribution in [0.25, 0.3) is 0 Å². The normalized spacial score (nSPS) is 14.8. The number of nitrogens with one attached hydrogen (secondary N) is 1. The highest BCUT2D eigenvalue weighted by Crippen LogP contribution is 1.91. The Morgan fingerprint density at radius 2 is 2.20 bits per heavy atom. The smallest absolute Gasteiger partial charge is 0.196 e. The number of hydrogen-bond donors (Lipinski definition) is 2. The van der Waals surface area contributed by atoms with Crippen molar-refractivity contribution >= 4 is 8.10 Å². The fourth-order valence-corrected chi connectivity index (χ4v) is 0. The first-order chi connectivity index (χ1) is 2.27. The molecular formula is CH7N2OP. The van der Waals surface area contributed by atoms with Crippen LogP contribution in [0.2, 0.25) is 0 Å². The summed E-state index contributed by atoms with van der Waals surface area (Å²) in [6.07, 6.45) is 0. The highest BCUT2D eigenvalue weighted by atomic mass is 31.1. The van der Waals surface area contributed by atoms with E-state index in [2.05, 4.69) is 5.09 Å². The van der Waals surface area contributed by atoms with Crippen LogP contribution in [0.1, 0.15) is 0 Å². The lowest BCUT2D eigenvalue weighted by Crippen LogP contribution is -1.96. The Balaban J connectivity index is 2.85. The maximum atomic E-state index is 9.66. The lowest BCUT2D eigenvalue weighted by Gasteiger charge is -1.80. The van der Waals surface area contributed by atoms with Crippen LogP contribution in [0.15, 0.2) is 0 Å². The average molecular weight is 94.1 g/mol. The molecule has 0 bridgehead atoms. The van der Waals surface area contributed by atoms with Gasteiger partial charge in [-0.1, -0.05) is 0 Å². The molecule has 0 aliphatic rings. The molecule has 0 aromatic carbocycles. The molecular weight excluding hydrogens is 87.0 g/mol. The Hall–Kier alpha value is 0.150. The Kier molecular flexibility index (Phi) is 2.46. The van der Waals surface area contributed by atoms with Crippen LogP contribution in [0.3, 0.4) is 0 Å². The molecule has 0 amide bonds. The Labute approximate surface area is 31.4 Å². The lowest BCUT2D eigenvalue weighted by atomic mass is 11.6. The third kappa shape index (κ3) is 4.15. The SMILES string of the molecule is CN[PH](N)=O. The summed E-state index contributed by atoms with van der Waals surface area (Å²) in [6.45, 7) is 0. The average Bonchev–Trinajstić information content (AvgIpc) is 1.38. The molecule has 0 aromatic heterocycles. The summed E-state index contributed by atoms with van der Waals surface area (Å²) in [4.78, 5) is 0. The predicted molar refractivity (Wildman–Crippen MR) is 22.2 cm³/mol. The maximum Gasteiger partial charge on any atom is 0.196 e. The summed E-state index contributed by atoms with van der Waals surface area (Å²) in [5.41, 5.74) is 4.73. The molecule has 1 atom stereocenters. The molecule has 0 heterocycles. The summed E-state index contributed by atoms with van der Waals surface area (Å²) in [5.74, 6) is 0. The van der Waals surface area contributed by atoms with Gasteiger partial charge < -0.3 is 0 Å². The van der Waals surface area contributed by atoms with Crippen molar-refractivity contribution in [3.8, 4) is 0 Å². The van der Waals surface area contributed by atoms with Gasteiger partial charge in [-0.2, -0.15) is 0 Å². The van der Waals surface area contributed by atoms with Crippen molar-refractivity contribution in [3.63, 3.8) is 0 Å². The highest BCUT2D eigenvalue weighted by molar-refractivity contribution is 7.39. The van der Waals surface area contributed by atoms with E-state index in [1.807, 2.05) is 0 Å². The number of nitrogens with two attached hydrogens (primary N) is 1. The zero-order valence-corrected chi connectivity index (χ0v) is 3.99. The van der Waals surface area contributed by atoms with Gasteiger partial charge in [0.1, 0.15) is 0 Å². The monoisotopic (exact) mass is 94.0 g/mol. The van der Waals surface area contributed by atoms with Crippen LogP contribution in [0, 0.1) is 0 Å². The Bertz CT molecular complexity index is 44.9. The molecule has 0 rings (SSSR count). The second-order valence-corrected chi connectivity index (χ2v) is 1.84. The first-order valence-electron chi connectivity index (χ1n) is 1.24. The van der Waals surface area contributed by atoms with Crippen LogP contribution < -0.4 is 10.6 Å². The van der Waals surface area contributed by atoms with Gasteiger partial charge >= 0.3 is 0 Å². The first kappa shape index (κ1) is 5.15. The van der Waals surface area contributed by atoms with Crippen LogP contribution in [0.4, 0.5) is 0 Å². The molecule has 32 valence electrons. The van der Waals surface area contributed by atoms with Crippen LogP contribution in [-0.4, -0.2) is 7.05 Å². The second kappa shape index (κ2) is 2.39. The number of hydrogen-bond acceptors (Lipinski definition) is 1. The summed E-state index contributed by atoms with van der Waals surface area (Å²) in [6, 6.07) is 0. The van der Waals surface area contributed by atoms with Crippen molar-refractivity contribution in [2.75, 3.05) is 7.05 Å². The predicted octanol–water partition coefficient (Wildman–Crippen LogP) is -0.446. The van der Waals surface area contributed by atoms with E-state index in [1.54, 1.807) is 7.05 Å². The Morgan fingerprint density at radius 1 is 2.00 bits per heavy atom. The van der Waals surface area contributed by atoms with Crippen molar-refractivity contribution < 1.29 is 4.57 Å². The van der Waals surface area contributed by atoms with Gasteiger partial charge in [0.25, 0.3) is 0 Å². The largest absolute Gasteiger partial charge is 0.293 e. The van der Waals surface area contributed by atoms with Crippen LogP contribution in [0.5, 0.6) is 0 Å². The molecule has 0 spiro atoms. The molecule has 4 heteroatoms. The summed E-state index contributed by atoms with van der Waals surface area (Å²) in [5, 5.41) is 2.35.